The van der Waals surface area contributed by atoms with Crippen LogP contribution in [-0.2, 0) is 4.79 Å². The van der Waals surface area contributed by atoms with E-state index in [1.54, 1.807) is 4.90 Å². The Kier molecular flexibility index (Phi) is 5.63. The Bertz CT molecular complexity index is 331. The van der Waals surface area contributed by atoms with Crippen molar-refractivity contribution in [1.82, 2.24) is 10.2 Å². The van der Waals surface area contributed by atoms with Crippen LogP contribution in [0.15, 0.2) is 0 Å². The average molecular weight is 270 g/mol. The first-order valence-electron chi connectivity index (χ1n) is 7.18. The summed E-state index contributed by atoms with van der Waals surface area (Å²) in [5.41, 5.74) is 0. The maximum absolute atomic E-state index is 12.2. The van der Waals surface area contributed by atoms with Crippen LogP contribution in [0.5, 0.6) is 0 Å². The van der Waals surface area contributed by atoms with Crippen molar-refractivity contribution in [2.75, 3.05) is 6.54 Å². The van der Waals surface area contributed by atoms with Crippen molar-refractivity contribution in [2.24, 2.45) is 11.8 Å². The minimum absolute atomic E-state index is 0.0680. The molecule has 1 heterocycles. The molecule has 0 aromatic heterocycles. The Labute approximate surface area is 115 Å². The predicted molar refractivity (Wildman–Crippen MR) is 74.0 cm³/mol. The van der Waals surface area contributed by atoms with E-state index in [2.05, 4.69) is 19.2 Å². The fraction of sp³-hybridized carbons (Fsp3) is 0.857. The number of nitrogens with zero attached hydrogens (tertiary/aromatic N) is 1. The fourth-order valence-corrected chi connectivity index (χ4v) is 2.64. The molecular weight excluding hydrogens is 244 g/mol. The Balaban J connectivity index is 2.69. The van der Waals surface area contributed by atoms with E-state index in [1.807, 2.05) is 13.8 Å². The third kappa shape index (κ3) is 3.85. The van der Waals surface area contributed by atoms with E-state index >= 15 is 0 Å². The zero-order chi connectivity index (χ0) is 14.6. The average Bonchev–Trinajstić information content (AvgIpc) is 2.83. The molecule has 5 heteroatoms. The molecule has 0 aliphatic carbocycles. The van der Waals surface area contributed by atoms with E-state index in [1.165, 1.54) is 0 Å². The highest BCUT2D eigenvalue weighted by atomic mass is 16.4. The number of rotatable bonds is 5. The van der Waals surface area contributed by atoms with Crippen LogP contribution in [0.1, 0.15) is 47.0 Å². The molecule has 1 fully saturated rings. The van der Waals surface area contributed by atoms with Crippen LogP contribution in [0.2, 0.25) is 0 Å². The molecule has 1 saturated heterocycles. The monoisotopic (exact) mass is 270 g/mol. The Morgan fingerprint density at radius 3 is 2.47 bits per heavy atom. The van der Waals surface area contributed by atoms with Crippen LogP contribution in [-0.4, -0.2) is 40.6 Å². The summed E-state index contributed by atoms with van der Waals surface area (Å²) in [6, 6.07) is -0.804. The van der Waals surface area contributed by atoms with Gasteiger partial charge in [-0.05, 0) is 24.7 Å². The largest absolute Gasteiger partial charge is 0.480 e. The number of nitrogens with one attached hydrogen (secondary N) is 1. The summed E-state index contributed by atoms with van der Waals surface area (Å²) in [5, 5.41) is 11.9. The van der Waals surface area contributed by atoms with Crippen molar-refractivity contribution in [3.8, 4) is 0 Å². The van der Waals surface area contributed by atoms with Crippen molar-refractivity contribution in [3.63, 3.8) is 0 Å². The van der Waals surface area contributed by atoms with Gasteiger partial charge >= 0.3 is 12.0 Å². The summed E-state index contributed by atoms with van der Waals surface area (Å²) in [7, 11) is 0. The number of carbonyl (C=O) groups is 2. The summed E-state index contributed by atoms with van der Waals surface area (Å²) < 4.78 is 0. The van der Waals surface area contributed by atoms with Crippen molar-refractivity contribution >= 4 is 12.0 Å². The van der Waals surface area contributed by atoms with Gasteiger partial charge in [0, 0.05) is 12.6 Å². The molecule has 5 nitrogen and oxygen atoms in total. The van der Waals surface area contributed by atoms with Gasteiger partial charge in [0.2, 0.25) is 0 Å². The second-order valence-corrected chi connectivity index (χ2v) is 5.80. The smallest absolute Gasteiger partial charge is 0.326 e. The van der Waals surface area contributed by atoms with Crippen LogP contribution in [0.25, 0.3) is 0 Å². The van der Waals surface area contributed by atoms with Crippen molar-refractivity contribution < 1.29 is 14.7 Å². The number of amides is 2. The minimum Gasteiger partial charge on any atom is -0.480 e. The lowest BCUT2D eigenvalue weighted by atomic mass is 9.99. The topological polar surface area (TPSA) is 69.6 Å². The van der Waals surface area contributed by atoms with E-state index in [4.69, 9.17) is 0 Å². The summed E-state index contributed by atoms with van der Waals surface area (Å²) in [5.74, 6) is -0.621. The molecule has 0 radical (unpaired) electrons. The van der Waals surface area contributed by atoms with E-state index < -0.39 is 12.0 Å². The molecule has 0 aromatic rings. The van der Waals surface area contributed by atoms with Crippen LogP contribution in [0.4, 0.5) is 4.79 Å². The molecule has 1 aliphatic heterocycles. The number of hydrogen-bond donors (Lipinski definition) is 2. The van der Waals surface area contributed by atoms with Crippen molar-refractivity contribution in [2.45, 2.75) is 59.0 Å². The number of urea groups is 1. The van der Waals surface area contributed by atoms with Gasteiger partial charge in [0.05, 0.1) is 0 Å². The molecule has 0 saturated carbocycles. The molecule has 0 bridgehead atoms. The molecule has 3 atom stereocenters. The Hall–Kier alpha value is -1.26. The fourth-order valence-electron chi connectivity index (χ4n) is 2.64. The van der Waals surface area contributed by atoms with Crippen molar-refractivity contribution in [1.29, 1.82) is 0 Å². The maximum atomic E-state index is 12.2. The second-order valence-electron chi connectivity index (χ2n) is 5.80. The first-order valence-corrected chi connectivity index (χ1v) is 7.18. The molecule has 1 rings (SSSR count). The summed E-state index contributed by atoms with van der Waals surface area (Å²) in [6.07, 6.45) is 2.73. The number of likely N-dealkylation sites (tertiary alicyclic amines) is 1. The Morgan fingerprint density at radius 1 is 1.37 bits per heavy atom. The van der Waals surface area contributed by atoms with E-state index in [0.29, 0.717) is 5.92 Å². The van der Waals surface area contributed by atoms with Crippen molar-refractivity contribution in [3.05, 3.63) is 0 Å². The Morgan fingerprint density at radius 2 is 2.00 bits per heavy atom. The van der Waals surface area contributed by atoms with Gasteiger partial charge < -0.3 is 15.3 Å². The van der Waals surface area contributed by atoms with Crippen LogP contribution < -0.4 is 5.32 Å². The van der Waals surface area contributed by atoms with E-state index in [9.17, 15) is 14.7 Å². The molecular formula is C14H26N2O3. The predicted octanol–water partition coefficient (Wildman–Crippen LogP) is 2.32. The highest BCUT2D eigenvalue weighted by molar-refractivity contribution is 5.83. The van der Waals surface area contributed by atoms with E-state index in [-0.39, 0.29) is 18.0 Å². The number of aliphatic carboxylic acids is 1. The summed E-state index contributed by atoms with van der Waals surface area (Å²) in [4.78, 5) is 25.3. The van der Waals surface area contributed by atoms with E-state index in [0.717, 1.165) is 25.8 Å². The quantitative estimate of drug-likeness (QED) is 0.805. The van der Waals surface area contributed by atoms with Gasteiger partial charge in [-0.2, -0.15) is 0 Å². The summed E-state index contributed by atoms with van der Waals surface area (Å²) >= 11 is 0. The van der Waals surface area contributed by atoms with Crippen LogP contribution >= 0.6 is 0 Å². The van der Waals surface area contributed by atoms with Gasteiger partial charge in [0.15, 0.2) is 0 Å². The van der Waals surface area contributed by atoms with Crippen LogP contribution in [0.3, 0.4) is 0 Å². The van der Waals surface area contributed by atoms with Gasteiger partial charge in [-0.3, -0.25) is 0 Å². The molecule has 2 amide bonds. The molecule has 0 spiro atoms. The van der Waals surface area contributed by atoms with Gasteiger partial charge in [0.1, 0.15) is 6.04 Å². The van der Waals surface area contributed by atoms with Crippen LogP contribution in [0, 0.1) is 11.8 Å². The molecule has 0 aromatic carbocycles. The highest BCUT2D eigenvalue weighted by Crippen LogP contribution is 2.24. The number of carboxylic acids is 1. The molecule has 19 heavy (non-hydrogen) atoms. The zero-order valence-electron chi connectivity index (χ0n) is 12.3. The summed E-state index contributed by atoms with van der Waals surface area (Å²) in [6.45, 7) is 8.70. The molecule has 2 N–H and O–H groups in total. The number of hydrogen-bond acceptors (Lipinski definition) is 2. The maximum Gasteiger partial charge on any atom is 0.326 e. The second kappa shape index (κ2) is 6.78. The number of carbonyl (C=O) groups excluding carboxylic acids is 1. The molecule has 1 aliphatic rings. The SMILES string of the molecule is CC[C@H](C)[C@H](NC(=O)N1CCCC1C(C)C)C(=O)O. The van der Waals surface area contributed by atoms with Gasteiger partial charge in [-0.25, -0.2) is 9.59 Å². The first-order chi connectivity index (χ1) is 8.88. The van der Waals surface area contributed by atoms with Gasteiger partial charge in [0.25, 0.3) is 0 Å². The number of carboxylic acid groups (broad SMARTS) is 1. The minimum atomic E-state index is -0.956. The highest BCUT2D eigenvalue weighted by Gasteiger charge is 2.34. The first kappa shape index (κ1) is 15.8. The zero-order valence-corrected chi connectivity index (χ0v) is 12.3. The lowest BCUT2D eigenvalue weighted by Crippen LogP contribution is -2.52. The molecule has 1 unspecified atom stereocenters. The third-order valence-electron chi connectivity index (χ3n) is 4.09. The van der Waals surface area contributed by atoms with Gasteiger partial charge in [-0.1, -0.05) is 34.1 Å². The van der Waals surface area contributed by atoms with Gasteiger partial charge in [-0.15, -0.1) is 0 Å². The lowest BCUT2D eigenvalue weighted by molar-refractivity contribution is -0.140. The standard InChI is InChI=1S/C14H26N2O3/c1-5-10(4)12(13(17)18)15-14(19)16-8-6-7-11(16)9(2)3/h9-12H,5-8H2,1-4H3,(H,15,19)(H,17,18)/t10-,11?,12-/m0/s1. The molecule has 110 valence electrons. The lowest BCUT2D eigenvalue weighted by Gasteiger charge is -2.30. The third-order valence-corrected chi connectivity index (χ3v) is 4.09. The normalized spacial score (nSPS) is 22.4.